The number of aryl methyl sites for hydroxylation is 2. The molecule has 1 aromatic heterocycles. The van der Waals surface area contributed by atoms with Gasteiger partial charge in [0.2, 0.25) is 5.91 Å². The van der Waals surface area contributed by atoms with Gasteiger partial charge in [-0.1, -0.05) is 42.1 Å². The fourth-order valence-electron chi connectivity index (χ4n) is 3.34. The van der Waals surface area contributed by atoms with E-state index in [1.165, 1.54) is 30.2 Å². The highest BCUT2D eigenvalue weighted by Gasteiger charge is 2.23. The second-order valence-electron chi connectivity index (χ2n) is 6.70. The quantitative estimate of drug-likeness (QED) is 0.599. The predicted octanol–water partition coefficient (Wildman–Crippen LogP) is 3.14. The van der Waals surface area contributed by atoms with Crippen LogP contribution in [0.3, 0.4) is 0 Å². The molecule has 1 aliphatic heterocycles. The molecule has 0 radical (unpaired) electrons. The number of nitrogens with zero attached hydrogens (tertiary/aromatic N) is 3. The van der Waals surface area contributed by atoms with Crippen molar-refractivity contribution in [3.8, 4) is 0 Å². The molecule has 2 aromatic rings. The minimum absolute atomic E-state index is 0.0258. The Morgan fingerprint density at radius 1 is 1.15 bits per heavy atom. The molecule has 1 unspecified atom stereocenters. The number of rotatable bonds is 7. The van der Waals surface area contributed by atoms with E-state index in [-0.39, 0.29) is 11.9 Å². The van der Waals surface area contributed by atoms with Crippen molar-refractivity contribution in [1.82, 2.24) is 20.2 Å². The lowest BCUT2D eigenvalue weighted by atomic mass is 10.1. The Hall–Kier alpha value is -1.92. The van der Waals surface area contributed by atoms with E-state index < -0.39 is 0 Å². The maximum atomic E-state index is 12.3. The fraction of sp³-hybridized carbons (Fsp3) is 0.450. The second-order valence-corrected chi connectivity index (χ2v) is 7.64. The van der Waals surface area contributed by atoms with Crippen molar-refractivity contribution in [2.75, 3.05) is 25.4 Å². The van der Waals surface area contributed by atoms with Crippen LogP contribution >= 0.6 is 11.8 Å². The highest BCUT2D eigenvalue weighted by molar-refractivity contribution is 7.99. The summed E-state index contributed by atoms with van der Waals surface area (Å²) in [6.07, 6.45) is 2.47. The van der Waals surface area contributed by atoms with Crippen LogP contribution in [0.25, 0.3) is 0 Å². The Labute approximate surface area is 159 Å². The lowest BCUT2D eigenvalue weighted by molar-refractivity contribution is -0.118. The zero-order valence-electron chi connectivity index (χ0n) is 15.4. The number of hydrogen-bond acceptors (Lipinski definition) is 5. The van der Waals surface area contributed by atoms with Gasteiger partial charge in [0, 0.05) is 17.9 Å². The molecule has 1 atom stereocenters. The molecule has 1 fully saturated rings. The Bertz CT molecular complexity index is 712. The number of benzene rings is 1. The monoisotopic (exact) mass is 370 g/mol. The smallest absolute Gasteiger partial charge is 0.230 e. The van der Waals surface area contributed by atoms with Gasteiger partial charge in [0.1, 0.15) is 0 Å². The highest BCUT2D eigenvalue weighted by Crippen LogP contribution is 2.24. The standard InChI is InChI=1S/C20H26N4OS/c1-15-12-16(2)23-20(22-15)26-14-19(25)21-13-18(24-10-6-7-11-24)17-8-4-3-5-9-17/h3-5,8-9,12,18H,6-7,10-11,13-14H2,1-2H3,(H,21,25). The third-order valence-electron chi connectivity index (χ3n) is 4.55. The van der Waals surface area contributed by atoms with E-state index >= 15 is 0 Å². The van der Waals surface area contributed by atoms with Crippen molar-refractivity contribution in [3.05, 3.63) is 53.3 Å². The molecule has 138 valence electrons. The van der Waals surface area contributed by atoms with Gasteiger partial charge in [0.05, 0.1) is 11.8 Å². The molecular formula is C20H26N4OS. The van der Waals surface area contributed by atoms with Gasteiger partial charge in [-0.05, 0) is 51.4 Å². The van der Waals surface area contributed by atoms with Gasteiger partial charge < -0.3 is 5.32 Å². The van der Waals surface area contributed by atoms with Crippen LogP contribution in [-0.2, 0) is 4.79 Å². The van der Waals surface area contributed by atoms with E-state index in [1.54, 1.807) is 0 Å². The summed E-state index contributed by atoms with van der Waals surface area (Å²) in [7, 11) is 0. The highest BCUT2D eigenvalue weighted by atomic mass is 32.2. The van der Waals surface area contributed by atoms with Gasteiger partial charge in [-0.3, -0.25) is 9.69 Å². The summed E-state index contributed by atoms with van der Waals surface area (Å²) in [5.41, 5.74) is 3.12. The number of amides is 1. The maximum Gasteiger partial charge on any atom is 0.230 e. The van der Waals surface area contributed by atoms with Gasteiger partial charge >= 0.3 is 0 Å². The molecule has 0 bridgehead atoms. The largest absolute Gasteiger partial charge is 0.353 e. The maximum absolute atomic E-state index is 12.3. The number of hydrogen-bond donors (Lipinski definition) is 1. The number of carbonyl (C=O) groups is 1. The van der Waals surface area contributed by atoms with E-state index in [2.05, 4.69) is 44.5 Å². The Morgan fingerprint density at radius 2 is 1.81 bits per heavy atom. The van der Waals surface area contributed by atoms with Crippen LogP contribution in [0, 0.1) is 13.8 Å². The lowest BCUT2D eigenvalue weighted by Gasteiger charge is -2.28. The summed E-state index contributed by atoms with van der Waals surface area (Å²) in [6, 6.07) is 12.6. The van der Waals surface area contributed by atoms with Gasteiger partial charge in [0.15, 0.2) is 5.16 Å². The molecule has 3 rings (SSSR count). The normalized spacial score (nSPS) is 15.8. The van der Waals surface area contributed by atoms with Crippen molar-refractivity contribution < 1.29 is 4.79 Å². The molecule has 0 aliphatic carbocycles. The summed E-state index contributed by atoms with van der Waals surface area (Å²) < 4.78 is 0. The van der Waals surface area contributed by atoms with Crippen LogP contribution in [0.15, 0.2) is 41.6 Å². The molecule has 1 N–H and O–H groups in total. The molecule has 26 heavy (non-hydrogen) atoms. The minimum Gasteiger partial charge on any atom is -0.353 e. The Kier molecular flexibility index (Phi) is 6.63. The minimum atomic E-state index is 0.0258. The predicted molar refractivity (Wildman–Crippen MR) is 105 cm³/mol. The molecular weight excluding hydrogens is 344 g/mol. The average molecular weight is 371 g/mol. The van der Waals surface area contributed by atoms with Crippen LogP contribution in [-0.4, -0.2) is 46.2 Å². The fourth-order valence-corrected chi connectivity index (χ4v) is 4.12. The summed E-state index contributed by atoms with van der Waals surface area (Å²) in [5.74, 6) is 0.364. The van der Waals surface area contributed by atoms with Gasteiger partial charge in [0.25, 0.3) is 0 Å². The summed E-state index contributed by atoms with van der Waals surface area (Å²) in [5, 5.41) is 3.76. The van der Waals surface area contributed by atoms with Crippen LogP contribution in [0.4, 0.5) is 0 Å². The first kappa shape index (κ1) is 18.9. The van der Waals surface area contributed by atoms with Crippen LogP contribution < -0.4 is 5.32 Å². The Morgan fingerprint density at radius 3 is 2.46 bits per heavy atom. The average Bonchev–Trinajstić information content (AvgIpc) is 3.15. The third-order valence-corrected chi connectivity index (χ3v) is 5.40. The first-order valence-electron chi connectivity index (χ1n) is 9.12. The number of likely N-dealkylation sites (tertiary alicyclic amines) is 1. The molecule has 1 amide bonds. The van der Waals surface area contributed by atoms with E-state index in [9.17, 15) is 4.79 Å². The van der Waals surface area contributed by atoms with E-state index in [1.807, 2.05) is 26.0 Å². The Balaban J connectivity index is 1.55. The van der Waals surface area contributed by atoms with Crippen LogP contribution in [0.2, 0.25) is 0 Å². The molecule has 1 saturated heterocycles. The van der Waals surface area contributed by atoms with Crippen LogP contribution in [0.5, 0.6) is 0 Å². The van der Waals surface area contributed by atoms with Crippen molar-refractivity contribution >= 4 is 17.7 Å². The molecule has 2 heterocycles. The molecule has 5 nitrogen and oxygen atoms in total. The molecule has 1 aromatic carbocycles. The van der Waals surface area contributed by atoms with Crippen molar-refractivity contribution in [1.29, 1.82) is 0 Å². The zero-order valence-corrected chi connectivity index (χ0v) is 16.3. The first-order valence-corrected chi connectivity index (χ1v) is 10.1. The van der Waals surface area contributed by atoms with E-state index in [0.717, 1.165) is 24.5 Å². The van der Waals surface area contributed by atoms with Crippen molar-refractivity contribution in [3.63, 3.8) is 0 Å². The van der Waals surface area contributed by atoms with Gasteiger partial charge in [-0.15, -0.1) is 0 Å². The summed E-state index contributed by atoms with van der Waals surface area (Å²) in [4.78, 5) is 23.5. The van der Waals surface area contributed by atoms with Gasteiger partial charge in [-0.25, -0.2) is 9.97 Å². The van der Waals surface area contributed by atoms with E-state index in [4.69, 9.17) is 0 Å². The SMILES string of the molecule is Cc1cc(C)nc(SCC(=O)NCC(c2ccccc2)N2CCCC2)n1. The molecule has 1 aliphatic rings. The summed E-state index contributed by atoms with van der Waals surface area (Å²) >= 11 is 1.39. The number of aromatic nitrogens is 2. The van der Waals surface area contributed by atoms with Crippen molar-refractivity contribution in [2.24, 2.45) is 0 Å². The molecule has 6 heteroatoms. The second kappa shape index (κ2) is 9.14. The zero-order chi connectivity index (χ0) is 18.4. The molecule has 0 spiro atoms. The van der Waals surface area contributed by atoms with E-state index in [0.29, 0.717) is 17.5 Å². The van der Waals surface area contributed by atoms with Gasteiger partial charge in [-0.2, -0.15) is 0 Å². The lowest BCUT2D eigenvalue weighted by Crippen LogP contribution is -2.37. The number of carbonyl (C=O) groups excluding carboxylic acids is 1. The van der Waals surface area contributed by atoms with Crippen molar-refractivity contribution in [2.45, 2.75) is 37.9 Å². The molecule has 0 saturated carbocycles. The number of thioether (sulfide) groups is 1. The number of nitrogens with one attached hydrogen (secondary N) is 1. The summed E-state index contributed by atoms with van der Waals surface area (Å²) in [6.45, 7) is 6.72. The van der Waals surface area contributed by atoms with Crippen LogP contribution in [0.1, 0.15) is 35.8 Å². The third kappa shape index (κ3) is 5.29. The topological polar surface area (TPSA) is 58.1 Å². The first-order chi connectivity index (χ1) is 12.6.